The van der Waals surface area contributed by atoms with Crippen LogP contribution in [0.1, 0.15) is 47.0 Å². The van der Waals surface area contributed by atoms with Gasteiger partial charge < -0.3 is 5.32 Å². The highest BCUT2D eigenvalue weighted by Crippen LogP contribution is 2.30. The molecule has 0 aromatic carbocycles. The Morgan fingerprint density at radius 1 is 1.21 bits per heavy atom. The second kappa shape index (κ2) is 5.13. The molecule has 0 aromatic rings. The van der Waals surface area contributed by atoms with Gasteiger partial charge in [0.05, 0.1) is 0 Å². The molecule has 1 rings (SSSR count). The van der Waals surface area contributed by atoms with Crippen molar-refractivity contribution < 1.29 is 0 Å². The minimum absolute atomic E-state index is 0.460. The van der Waals surface area contributed by atoms with Gasteiger partial charge >= 0.3 is 0 Å². The number of piperazine rings is 1. The molecule has 0 spiro atoms. The van der Waals surface area contributed by atoms with Crippen LogP contribution < -0.4 is 5.32 Å². The Balaban J connectivity index is 2.74. The lowest BCUT2D eigenvalue weighted by Crippen LogP contribution is -2.59. The van der Waals surface area contributed by atoms with Crippen molar-refractivity contribution in [3.05, 3.63) is 0 Å². The maximum Gasteiger partial charge on any atom is 0.0205 e. The van der Waals surface area contributed by atoms with Gasteiger partial charge in [0.1, 0.15) is 0 Å². The first-order valence-corrected chi connectivity index (χ1v) is 6.17. The monoisotopic (exact) mass is 198 g/mol. The molecular weight excluding hydrogens is 172 g/mol. The van der Waals surface area contributed by atoms with E-state index < -0.39 is 0 Å². The molecule has 0 saturated carbocycles. The van der Waals surface area contributed by atoms with E-state index in [1.54, 1.807) is 0 Å². The molecule has 1 unspecified atom stereocenters. The second-order valence-corrected chi connectivity index (χ2v) is 4.53. The second-order valence-electron chi connectivity index (χ2n) is 4.53. The smallest absolute Gasteiger partial charge is 0.0205 e. The molecule has 1 N–H and O–H groups in total. The molecule has 0 aliphatic carbocycles. The van der Waals surface area contributed by atoms with Gasteiger partial charge in [0.25, 0.3) is 0 Å². The van der Waals surface area contributed by atoms with Gasteiger partial charge in [0.2, 0.25) is 0 Å². The third kappa shape index (κ3) is 2.12. The molecule has 1 aliphatic heterocycles. The highest BCUT2D eigenvalue weighted by atomic mass is 15.3. The van der Waals surface area contributed by atoms with Crippen LogP contribution in [0.5, 0.6) is 0 Å². The number of hydrogen-bond acceptors (Lipinski definition) is 2. The Hall–Kier alpha value is -0.0800. The van der Waals surface area contributed by atoms with E-state index in [4.69, 9.17) is 0 Å². The first-order valence-electron chi connectivity index (χ1n) is 6.17. The molecular formula is C12H26N2. The van der Waals surface area contributed by atoms with Crippen molar-refractivity contribution >= 4 is 0 Å². The van der Waals surface area contributed by atoms with Gasteiger partial charge in [-0.25, -0.2) is 0 Å². The molecule has 1 atom stereocenters. The molecule has 1 heterocycles. The van der Waals surface area contributed by atoms with E-state index in [0.29, 0.717) is 11.6 Å². The van der Waals surface area contributed by atoms with Crippen LogP contribution in [0.15, 0.2) is 0 Å². The van der Waals surface area contributed by atoms with Crippen LogP contribution in [0.25, 0.3) is 0 Å². The topological polar surface area (TPSA) is 15.3 Å². The number of rotatable bonds is 4. The van der Waals surface area contributed by atoms with Crippen LogP contribution >= 0.6 is 0 Å². The Labute approximate surface area is 89.1 Å². The lowest BCUT2D eigenvalue weighted by Gasteiger charge is -2.48. The summed E-state index contributed by atoms with van der Waals surface area (Å²) in [6.45, 7) is 12.9. The SMILES string of the molecule is CCC(CC)(CC)N1CCNCC1C. The summed E-state index contributed by atoms with van der Waals surface area (Å²) in [7, 11) is 0. The largest absolute Gasteiger partial charge is 0.314 e. The zero-order valence-corrected chi connectivity index (χ0v) is 10.3. The van der Waals surface area contributed by atoms with E-state index in [1.165, 1.54) is 25.8 Å². The lowest BCUT2D eigenvalue weighted by molar-refractivity contribution is 0.0224. The van der Waals surface area contributed by atoms with Crippen molar-refractivity contribution in [2.24, 2.45) is 0 Å². The maximum atomic E-state index is 3.47. The average molecular weight is 198 g/mol. The van der Waals surface area contributed by atoms with Crippen molar-refractivity contribution in [3.63, 3.8) is 0 Å². The molecule has 2 nitrogen and oxygen atoms in total. The van der Waals surface area contributed by atoms with Crippen LogP contribution in [0, 0.1) is 0 Å². The van der Waals surface area contributed by atoms with Crippen molar-refractivity contribution in [1.29, 1.82) is 0 Å². The Kier molecular flexibility index (Phi) is 4.39. The van der Waals surface area contributed by atoms with E-state index >= 15 is 0 Å². The van der Waals surface area contributed by atoms with Gasteiger partial charge in [-0.1, -0.05) is 20.8 Å². The third-order valence-electron chi connectivity index (χ3n) is 4.08. The van der Waals surface area contributed by atoms with E-state index in [0.717, 1.165) is 13.1 Å². The predicted octanol–water partition coefficient (Wildman–Crippen LogP) is 2.25. The summed E-state index contributed by atoms with van der Waals surface area (Å²) in [5, 5.41) is 3.47. The van der Waals surface area contributed by atoms with Crippen LogP contribution in [0.2, 0.25) is 0 Å². The van der Waals surface area contributed by atoms with Crippen molar-refractivity contribution in [2.45, 2.75) is 58.5 Å². The fourth-order valence-corrected chi connectivity index (χ4v) is 2.90. The summed E-state index contributed by atoms with van der Waals surface area (Å²) >= 11 is 0. The molecule has 0 amide bonds. The number of nitrogens with zero attached hydrogens (tertiary/aromatic N) is 1. The summed E-state index contributed by atoms with van der Waals surface area (Å²) in [4.78, 5) is 2.73. The molecule has 0 radical (unpaired) electrons. The van der Waals surface area contributed by atoms with Crippen molar-refractivity contribution in [3.8, 4) is 0 Å². The fourth-order valence-electron chi connectivity index (χ4n) is 2.90. The van der Waals surface area contributed by atoms with Crippen molar-refractivity contribution in [2.75, 3.05) is 19.6 Å². The summed E-state index contributed by atoms with van der Waals surface area (Å²) in [5.74, 6) is 0. The van der Waals surface area contributed by atoms with Crippen molar-refractivity contribution in [1.82, 2.24) is 10.2 Å². The molecule has 0 aromatic heterocycles. The Bertz CT molecular complexity index is 155. The van der Waals surface area contributed by atoms with Gasteiger partial charge in [0.15, 0.2) is 0 Å². The minimum atomic E-state index is 0.460. The normalized spacial score (nSPS) is 25.3. The summed E-state index contributed by atoms with van der Waals surface area (Å²) in [5.41, 5.74) is 0.460. The molecule has 1 saturated heterocycles. The highest BCUT2D eigenvalue weighted by molar-refractivity contribution is 4.92. The standard InChI is InChI=1S/C12H26N2/c1-5-12(6-2,7-3)14-9-8-13-10-11(14)4/h11,13H,5-10H2,1-4H3. The van der Waals surface area contributed by atoms with Gasteiger partial charge in [-0.15, -0.1) is 0 Å². The summed E-state index contributed by atoms with van der Waals surface area (Å²) < 4.78 is 0. The summed E-state index contributed by atoms with van der Waals surface area (Å²) in [6, 6.07) is 0.698. The van der Waals surface area contributed by atoms with E-state index in [2.05, 4.69) is 37.9 Å². The van der Waals surface area contributed by atoms with Gasteiger partial charge in [0, 0.05) is 31.2 Å². The Morgan fingerprint density at radius 2 is 1.79 bits per heavy atom. The van der Waals surface area contributed by atoms with Gasteiger partial charge in [-0.05, 0) is 26.2 Å². The van der Waals surface area contributed by atoms with Crippen LogP contribution in [-0.4, -0.2) is 36.1 Å². The van der Waals surface area contributed by atoms with E-state index in [-0.39, 0.29) is 0 Å². The zero-order valence-electron chi connectivity index (χ0n) is 10.3. The summed E-state index contributed by atoms with van der Waals surface area (Å²) in [6.07, 6.45) is 3.85. The molecule has 1 fully saturated rings. The Morgan fingerprint density at radius 3 is 2.21 bits per heavy atom. The number of nitrogens with one attached hydrogen (secondary N) is 1. The number of hydrogen-bond donors (Lipinski definition) is 1. The van der Waals surface area contributed by atoms with E-state index in [1.807, 2.05) is 0 Å². The van der Waals surface area contributed by atoms with E-state index in [9.17, 15) is 0 Å². The average Bonchev–Trinajstić information content (AvgIpc) is 2.24. The van der Waals surface area contributed by atoms with Crippen LogP contribution in [0.3, 0.4) is 0 Å². The molecule has 1 aliphatic rings. The fraction of sp³-hybridized carbons (Fsp3) is 1.00. The minimum Gasteiger partial charge on any atom is -0.314 e. The molecule has 2 heteroatoms. The van der Waals surface area contributed by atoms with Crippen LogP contribution in [0.4, 0.5) is 0 Å². The third-order valence-corrected chi connectivity index (χ3v) is 4.08. The quantitative estimate of drug-likeness (QED) is 0.745. The first kappa shape index (κ1) is 12.0. The molecule has 84 valence electrons. The highest BCUT2D eigenvalue weighted by Gasteiger charge is 2.35. The molecule has 14 heavy (non-hydrogen) atoms. The van der Waals surface area contributed by atoms with Crippen LogP contribution in [-0.2, 0) is 0 Å². The predicted molar refractivity (Wildman–Crippen MR) is 62.6 cm³/mol. The first-order chi connectivity index (χ1) is 6.70. The molecule has 0 bridgehead atoms. The van der Waals surface area contributed by atoms with Gasteiger partial charge in [-0.3, -0.25) is 4.90 Å². The zero-order chi connectivity index (χ0) is 10.6. The maximum absolute atomic E-state index is 3.47. The van der Waals surface area contributed by atoms with Gasteiger partial charge in [-0.2, -0.15) is 0 Å². The lowest BCUT2D eigenvalue weighted by atomic mass is 9.86.